The molecule has 10 aromatic rings. The maximum Gasteiger partial charge on any atom is 0.164 e. The summed E-state index contributed by atoms with van der Waals surface area (Å²) < 4.78 is 17.5. The van der Waals surface area contributed by atoms with Crippen LogP contribution >= 0.6 is 0 Å². The molecule has 62 heavy (non-hydrogen) atoms. The van der Waals surface area contributed by atoms with Crippen LogP contribution < -0.4 is 0 Å². The van der Waals surface area contributed by atoms with Crippen LogP contribution in [0.3, 0.4) is 0 Å². The number of hydrogen-bond donors (Lipinski definition) is 0. The minimum atomic E-state index is -0.311. The van der Waals surface area contributed by atoms with E-state index >= 15 is 4.39 Å². The van der Waals surface area contributed by atoms with Gasteiger partial charge in [-0.2, -0.15) is 0 Å². The molecule has 0 amide bonds. The zero-order chi connectivity index (χ0) is 42.6. The maximum absolute atomic E-state index is 15.1. The fraction of sp³-hybridized carbons (Fsp3) is 0.105. The molecule has 0 radical (unpaired) electrons. The van der Waals surface area contributed by atoms with Crippen molar-refractivity contribution in [3.63, 3.8) is 0 Å². The first-order valence-electron chi connectivity index (χ1n) is 21.1. The number of halogens is 1. The van der Waals surface area contributed by atoms with Crippen LogP contribution in [0.4, 0.5) is 4.39 Å². The Morgan fingerprint density at radius 2 is 0.839 bits per heavy atom. The van der Waals surface area contributed by atoms with Crippen LogP contribution in [-0.2, 0) is 0 Å². The Morgan fingerprint density at radius 3 is 1.32 bits per heavy atom. The molecule has 0 aliphatic heterocycles. The smallest absolute Gasteiger partial charge is 0.164 e. The number of hydrogen-bond acceptors (Lipinski definition) is 3. The monoisotopic (exact) mass is 804 g/mol. The van der Waals surface area contributed by atoms with Gasteiger partial charge in [-0.3, -0.25) is 0 Å². The lowest BCUT2D eigenvalue weighted by Gasteiger charge is -2.17. The summed E-state index contributed by atoms with van der Waals surface area (Å²) in [5, 5.41) is 2.31. The Balaban J connectivity index is 1.29. The molecule has 2 aromatic heterocycles. The first kappa shape index (κ1) is 38.7. The van der Waals surface area contributed by atoms with E-state index in [0.29, 0.717) is 17.5 Å². The molecule has 2 heterocycles. The van der Waals surface area contributed by atoms with Gasteiger partial charge in [-0.25, -0.2) is 19.3 Å². The summed E-state index contributed by atoms with van der Waals surface area (Å²) in [6, 6.07) is 55.9. The summed E-state index contributed by atoms with van der Waals surface area (Å²) in [5.41, 5.74) is 19.5. The van der Waals surface area contributed by atoms with Crippen LogP contribution in [0.5, 0.6) is 0 Å². The highest BCUT2D eigenvalue weighted by molar-refractivity contribution is 6.11. The van der Waals surface area contributed by atoms with Gasteiger partial charge in [-0.05, 0) is 134 Å². The zero-order valence-electron chi connectivity index (χ0n) is 35.8. The third kappa shape index (κ3) is 6.95. The molecule has 0 fully saturated rings. The summed E-state index contributed by atoms with van der Waals surface area (Å²) >= 11 is 0. The number of rotatable bonds is 7. The van der Waals surface area contributed by atoms with Crippen LogP contribution in [0.2, 0.25) is 0 Å². The van der Waals surface area contributed by atoms with Crippen LogP contribution in [0, 0.1) is 47.4 Å². The van der Waals surface area contributed by atoms with E-state index in [2.05, 4.69) is 125 Å². The highest BCUT2D eigenvalue weighted by Crippen LogP contribution is 2.42. The average Bonchev–Trinajstić information content (AvgIpc) is 3.59. The molecule has 8 aromatic carbocycles. The van der Waals surface area contributed by atoms with E-state index in [1.165, 1.54) is 50.6 Å². The number of aromatic nitrogens is 4. The second-order valence-corrected chi connectivity index (χ2v) is 16.6. The fourth-order valence-corrected chi connectivity index (χ4v) is 9.57. The Labute approximate surface area is 362 Å². The predicted octanol–water partition coefficient (Wildman–Crippen LogP) is 15.0. The fourth-order valence-electron chi connectivity index (χ4n) is 9.57. The lowest BCUT2D eigenvalue weighted by molar-refractivity contribution is 0.628. The summed E-state index contributed by atoms with van der Waals surface area (Å²) in [6.45, 7) is 13.1. The molecule has 0 N–H and O–H groups in total. The average molecular weight is 805 g/mol. The molecule has 4 nitrogen and oxygen atoms in total. The normalized spacial score (nSPS) is 11.5. The molecule has 0 bridgehead atoms. The second kappa shape index (κ2) is 15.5. The molecule has 0 saturated carbocycles. The molecule has 0 saturated heterocycles. The lowest BCUT2D eigenvalue weighted by Crippen LogP contribution is -2.02. The molecule has 10 rings (SSSR count). The standard InChI is InChI=1S/C57H45FN4/c1-34-26-36(3)53(37(4)27-34)43-20-23-48-49-24-21-44(54-38(5)28-35(2)29-39(54)6)32-52(49)62(51(48)31-43)46-22-25-47(42-18-13-19-45(58)30-42)50(33-46)57-60-55(40-14-9-7-10-15-40)59-56(61-57)41-16-11-8-12-17-41/h7-33H,1-6H3. The molecular weight excluding hydrogens is 760 g/mol. The molecule has 300 valence electrons. The third-order valence-corrected chi connectivity index (χ3v) is 12.0. The largest absolute Gasteiger partial charge is 0.309 e. The van der Waals surface area contributed by atoms with Gasteiger partial charge in [0.1, 0.15) is 5.82 Å². The van der Waals surface area contributed by atoms with Crippen molar-refractivity contribution in [2.45, 2.75) is 41.5 Å². The van der Waals surface area contributed by atoms with Gasteiger partial charge in [0.2, 0.25) is 0 Å². The summed E-state index contributed by atoms with van der Waals surface area (Å²) in [5.74, 6) is 1.31. The minimum absolute atomic E-state index is 0.311. The van der Waals surface area contributed by atoms with Crippen molar-refractivity contribution in [3.8, 4) is 73.2 Å². The summed E-state index contributed by atoms with van der Waals surface area (Å²) in [4.78, 5) is 15.4. The molecule has 0 atom stereocenters. The molecule has 0 aliphatic rings. The van der Waals surface area contributed by atoms with E-state index in [1.54, 1.807) is 12.1 Å². The van der Waals surface area contributed by atoms with Gasteiger partial charge in [-0.15, -0.1) is 0 Å². The molecular formula is C57H45FN4. The predicted molar refractivity (Wildman–Crippen MR) is 255 cm³/mol. The quantitative estimate of drug-likeness (QED) is 0.161. The van der Waals surface area contributed by atoms with Crippen molar-refractivity contribution in [1.82, 2.24) is 19.5 Å². The highest BCUT2D eigenvalue weighted by Gasteiger charge is 2.21. The molecule has 0 spiro atoms. The van der Waals surface area contributed by atoms with Gasteiger partial charge in [0.25, 0.3) is 0 Å². The first-order valence-corrected chi connectivity index (χ1v) is 21.1. The second-order valence-electron chi connectivity index (χ2n) is 16.6. The Kier molecular flexibility index (Phi) is 9.68. The minimum Gasteiger partial charge on any atom is -0.309 e. The van der Waals surface area contributed by atoms with Gasteiger partial charge in [0.15, 0.2) is 17.5 Å². The van der Waals surface area contributed by atoms with E-state index in [0.717, 1.165) is 66.4 Å². The van der Waals surface area contributed by atoms with Crippen molar-refractivity contribution in [3.05, 3.63) is 203 Å². The summed E-state index contributed by atoms with van der Waals surface area (Å²) in [6.07, 6.45) is 0. The van der Waals surface area contributed by atoms with Crippen molar-refractivity contribution < 1.29 is 4.39 Å². The van der Waals surface area contributed by atoms with E-state index in [4.69, 9.17) is 15.0 Å². The molecule has 5 heteroatoms. The molecule has 0 aliphatic carbocycles. The van der Waals surface area contributed by atoms with Crippen LogP contribution in [0.15, 0.2) is 164 Å². The lowest BCUT2D eigenvalue weighted by atomic mass is 9.92. The van der Waals surface area contributed by atoms with Crippen LogP contribution in [0.25, 0.3) is 95.0 Å². The SMILES string of the molecule is Cc1cc(C)c(-c2ccc3c4ccc(-c5c(C)cc(C)cc5C)cc4n(-c4ccc(-c5cccc(F)c5)c(-c5nc(-c6ccccc6)nc(-c6ccccc6)n5)c4)c3c2)c(C)c1. The Morgan fingerprint density at radius 1 is 0.371 bits per heavy atom. The number of benzene rings is 8. The van der Waals surface area contributed by atoms with E-state index in [9.17, 15) is 0 Å². The number of aryl methyl sites for hydroxylation is 6. The van der Waals surface area contributed by atoms with Crippen LogP contribution in [0.1, 0.15) is 33.4 Å². The van der Waals surface area contributed by atoms with Crippen molar-refractivity contribution in [2.75, 3.05) is 0 Å². The van der Waals surface area contributed by atoms with Crippen molar-refractivity contribution >= 4 is 21.8 Å². The topological polar surface area (TPSA) is 43.6 Å². The summed E-state index contributed by atoms with van der Waals surface area (Å²) in [7, 11) is 0. The Bertz CT molecular complexity index is 3150. The third-order valence-electron chi connectivity index (χ3n) is 12.0. The van der Waals surface area contributed by atoms with E-state index in [1.807, 2.05) is 66.7 Å². The zero-order valence-corrected chi connectivity index (χ0v) is 35.8. The van der Waals surface area contributed by atoms with Crippen molar-refractivity contribution in [2.24, 2.45) is 0 Å². The maximum atomic E-state index is 15.1. The van der Waals surface area contributed by atoms with Gasteiger partial charge in [-0.1, -0.05) is 139 Å². The Hall–Kier alpha value is -7.50. The highest BCUT2D eigenvalue weighted by atomic mass is 19.1. The molecule has 0 unspecified atom stereocenters. The van der Waals surface area contributed by atoms with E-state index in [-0.39, 0.29) is 5.82 Å². The van der Waals surface area contributed by atoms with Gasteiger partial charge in [0.05, 0.1) is 11.0 Å². The number of nitrogens with zero attached hydrogens (tertiary/aromatic N) is 4. The number of fused-ring (bicyclic) bond motifs is 3. The van der Waals surface area contributed by atoms with Gasteiger partial charge in [0, 0.05) is 33.2 Å². The first-order chi connectivity index (χ1) is 30.1. The van der Waals surface area contributed by atoms with Crippen molar-refractivity contribution in [1.29, 1.82) is 0 Å². The van der Waals surface area contributed by atoms with Gasteiger partial charge < -0.3 is 4.57 Å². The van der Waals surface area contributed by atoms with E-state index < -0.39 is 0 Å². The van der Waals surface area contributed by atoms with Gasteiger partial charge >= 0.3 is 0 Å². The van der Waals surface area contributed by atoms with Crippen LogP contribution in [-0.4, -0.2) is 19.5 Å².